The number of imidazole rings is 1. The third-order valence-corrected chi connectivity index (χ3v) is 7.28. The highest BCUT2D eigenvalue weighted by Gasteiger charge is 2.25. The maximum Gasteiger partial charge on any atom is 0.253 e. The lowest BCUT2D eigenvalue weighted by Crippen LogP contribution is -2.32. The van der Waals surface area contributed by atoms with Crippen LogP contribution in [0.1, 0.15) is 59.7 Å². The highest BCUT2D eigenvalue weighted by Crippen LogP contribution is 2.29. The number of methoxy groups -OCH3 is 1. The van der Waals surface area contributed by atoms with Crippen LogP contribution >= 0.6 is 0 Å². The SMILES string of the molecule is COCCn1cnc2cc(NC(=O)C3CCCCC3)cc(C(=O)NCC3OCCc4ccccc43)c21. The van der Waals surface area contributed by atoms with Crippen LogP contribution in [0.15, 0.2) is 42.7 Å². The fourth-order valence-corrected chi connectivity index (χ4v) is 5.35. The number of hydrogen-bond donors (Lipinski definition) is 2. The smallest absolute Gasteiger partial charge is 0.253 e. The molecule has 3 aromatic rings. The number of hydrogen-bond acceptors (Lipinski definition) is 5. The van der Waals surface area contributed by atoms with Crippen molar-refractivity contribution < 1.29 is 19.1 Å². The molecular weight excluding hydrogens is 456 g/mol. The molecule has 2 N–H and O–H groups in total. The first-order chi connectivity index (χ1) is 17.6. The van der Waals surface area contributed by atoms with Gasteiger partial charge in [-0.1, -0.05) is 43.5 Å². The van der Waals surface area contributed by atoms with E-state index in [1.807, 2.05) is 22.8 Å². The number of anilines is 1. The number of carbonyl (C=O) groups is 2. The van der Waals surface area contributed by atoms with E-state index in [1.165, 1.54) is 12.0 Å². The van der Waals surface area contributed by atoms with Gasteiger partial charge < -0.3 is 24.7 Å². The Kier molecular flexibility index (Phi) is 7.63. The summed E-state index contributed by atoms with van der Waals surface area (Å²) in [6.07, 6.45) is 7.58. The molecule has 2 aromatic carbocycles. The molecule has 1 fully saturated rings. The number of rotatable bonds is 8. The largest absolute Gasteiger partial charge is 0.383 e. The quantitative estimate of drug-likeness (QED) is 0.492. The monoisotopic (exact) mass is 490 g/mol. The zero-order chi connectivity index (χ0) is 24.9. The van der Waals surface area contributed by atoms with E-state index < -0.39 is 0 Å². The first kappa shape index (κ1) is 24.5. The van der Waals surface area contributed by atoms with E-state index in [2.05, 4.69) is 27.8 Å². The van der Waals surface area contributed by atoms with Gasteiger partial charge in [0.25, 0.3) is 5.91 Å². The molecular formula is C28H34N4O4. The van der Waals surface area contributed by atoms with Gasteiger partial charge in [0.2, 0.25) is 5.91 Å². The second kappa shape index (κ2) is 11.2. The molecule has 0 saturated heterocycles. The number of fused-ring (bicyclic) bond motifs is 2. The third kappa shape index (κ3) is 5.29. The molecule has 2 heterocycles. The Morgan fingerprint density at radius 2 is 2.00 bits per heavy atom. The highest BCUT2D eigenvalue weighted by atomic mass is 16.5. The van der Waals surface area contributed by atoms with Crippen molar-refractivity contribution in [2.45, 2.75) is 51.2 Å². The Hall–Kier alpha value is -3.23. The summed E-state index contributed by atoms with van der Waals surface area (Å²) >= 11 is 0. The van der Waals surface area contributed by atoms with Crippen LogP contribution in [0, 0.1) is 5.92 Å². The second-order valence-electron chi connectivity index (χ2n) is 9.66. The van der Waals surface area contributed by atoms with Crippen LogP contribution in [0.5, 0.6) is 0 Å². The van der Waals surface area contributed by atoms with Crippen LogP contribution in [0.3, 0.4) is 0 Å². The Morgan fingerprint density at radius 3 is 2.83 bits per heavy atom. The van der Waals surface area contributed by atoms with E-state index in [-0.39, 0.29) is 23.8 Å². The summed E-state index contributed by atoms with van der Waals surface area (Å²) in [6, 6.07) is 11.8. The predicted octanol–water partition coefficient (Wildman–Crippen LogP) is 4.25. The molecule has 1 aromatic heterocycles. The van der Waals surface area contributed by atoms with Gasteiger partial charge >= 0.3 is 0 Å². The maximum absolute atomic E-state index is 13.5. The summed E-state index contributed by atoms with van der Waals surface area (Å²) in [4.78, 5) is 31.0. The first-order valence-electron chi connectivity index (χ1n) is 12.9. The van der Waals surface area contributed by atoms with Crippen LogP contribution in [0.2, 0.25) is 0 Å². The Bertz CT molecular complexity index is 1230. The van der Waals surface area contributed by atoms with E-state index in [0.29, 0.717) is 43.1 Å². The molecule has 1 atom stereocenters. The number of benzene rings is 2. The average molecular weight is 491 g/mol. The Balaban J connectivity index is 1.39. The minimum absolute atomic E-state index is 0.0198. The molecule has 2 aliphatic rings. The summed E-state index contributed by atoms with van der Waals surface area (Å²) in [7, 11) is 1.65. The van der Waals surface area contributed by atoms with E-state index in [9.17, 15) is 9.59 Å². The van der Waals surface area contributed by atoms with Gasteiger partial charge in [0.1, 0.15) is 6.10 Å². The Labute approximate surface area is 211 Å². The molecule has 8 heteroatoms. The summed E-state index contributed by atoms with van der Waals surface area (Å²) in [6.45, 7) is 2.07. The van der Waals surface area contributed by atoms with Crippen molar-refractivity contribution >= 4 is 28.5 Å². The standard InChI is InChI=1S/C28H34N4O4/c1-35-14-12-32-18-30-24-16-21(31-27(33)20-8-3-2-4-9-20)15-23(26(24)32)28(34)29-17-25-22-10-6-5-7-19(22)11-13-36-25/h5-7,10,15-16,18,20,25H,2-4,8-9,11-14,17H2,1H3,(H,29,34)(H,31,33). The fourth-order valence-electron chi connectivity index (χ4n) is 5.35. The molecule has 8 nitrogen and oxygen atoms in total. The summed E-state index contributed by atoms with van der Waals surface area (Å²) in [5, 5.41) is 6.12. The average Bonchev–Trinajstić information content (AvgIpc) is 3.33. The lowest BCUT2D eigenvalue weighted by Gasteiger charge is -2.26. The van der Waals surface area contributed by atoms with Crippen LogP contribution in [-0.4, -0.2) is 48.2 Å². The van der Waals surface area contributed by atoms with Crippen LogP contribution in [0.4, 0.5) is 5.69 Å². The van der Waals surface area contributed by atoms with Gasteiger partial charge in [-0.2, -0.15) is 0 Å². The summed E-state index contributed by atoms with van der Waals surface area (Å²) in [5.74, 6) is -0.180. The lowest BCUT2D eigenvalue weighted by molar-refractivity contribution is -0.120. The molecule has 2 amide bonds. The first-order valence-corrected chi connectivity index (χ1v) is 12.9. The lowest BCUT2D eigenvalue weighted by atomic mass is 9.88. The molecule has 1 saturated carbocycles. The second-order valence-corrected chi connectivity index (χ2v) is 9.66. The van der Waals surface area contributed by atoms with Crippen molar-refractivity contribution in [3.05, 3.63) is 59.4 Å². The minimum atomic E-state index is -0.223. The molecule has 1 aliphatic heterocycles. The Morgan fingerprint density at radius 1 is 1.17 bits per heavy atom. The number of aromatic nitrogens is 2. The van der Waals surface area contributed by atoms with Crippen LogP contribution < -0.4 is 10.6 Å². The van der Waals surface area contributed by atoms with Gasteiger partial charge in [0.05, 0.1) is 36.1 Å². The van der Waals surface area contributed by atoms with Gasteiger partial charge in [-0.25, -0.2) is 4.98 Å². The van der Waals surface area contributed by atoms with Crippen LogP contribution in [-0.2, 0) is 27.2 Å². The zero-order valence-electron chi connectivity index (χ0n) is 20.8. The number of carbonyl (C=O) groups excluding carboxylic acids is 2. The minimum Gasteiger partial charge on any atom is -0.383 e. The van der Waals surface area contributed by atoms with E-state index in [1.54, 1.807) is 19.5 Å². The topological polar surface area (TPSA) is 94.5 Å². The molecule has 1 unspecified atom stereocenters. The van der Waals surface area contributed by atoms with Gasteiger partial charge in [-0.15, -0.1) is 0 Å². The van der Waals surface area contributed by atoms with Gasteiger partial charge in [0, 0.05) is 31.8 Å². The van der Waals surface area contributed by atoms with Crippen molar-refractivity contribution in [2.24, 2.45) is 5.92 Å². The number of nitrogens with one attached hydrogen (secondary N) is 2. The van der Waals surface area contributed by atoms with Crippen molar-refractivity contribution in [1.82, 2.24) is 14.9 Å². The molecule has 190 valence electrons. The molecule has 1 aliphatic carbocycles. The zero-order valence-corrected chi connectivity index (χ0v) is 20.8. The van der Waals surface area contributed by atoms with E-state index in [4.69, 9.17) is 9.47 Å². The fraction of sp³-hybridized carbons (Fsp3) is 0.464. The number of amides is 2. The third-order valence-electron chi connectivity index (χ3n) is 7.28. The molecule has 0 bridgehead atoms. The molecule has 0 radical (unpaired) electrons. The number of nitrogens with zero attached hydrogens (tertiary/aromatic N) is 2. The predicted molar refractivity (Wildman–Crippen MR) is 138 cm³/mol. The summed E-state index contributed by atoms with van der Waals surface area (Å²) in [5.41, 5.74) is 4.84. The summed E-state index contributed by atoms with van der Waals surface area (Å²) < 4.78 is 13.1. The van der Waals surface area contributed by atoms with Gasteiger partial charge in [0.15, 0.2) is 0 Å². The molecule has 5 rings (SSSR count). The van der Waals surface area contributed by atoms with Crippen molar-refractivity contribution in [3.8, 4) is 0 Å². The van der Waals surface area contributed by atoms with Gasteiger partial charge in [-0.3, -0.25) is 9.59 Å². The maximum atomic E-state index is 13.5. The van der Waals surface area contributed by atoms with Crippen molar-refractivity contribution in [3.63, 3.8) is 0 Å². The number of ether oxygens (including phenoxy) is 2. The highest BCUT2D eigenvalue weighted by molar-refractivity contribution is 6.07. The van der Waals surface area contributed by atoms with Gasteiger partial charge in [-0.05, 0) is 42.5 Å². The van der Waals surface area contributed by atoms with Crippen molar-refractivity contribution in [2.75, 3.05) is 32.2 Å². The van der Waals surface area contributed by atoms with E-state index in [0.717, 1.165) is 43.2 Å². The normalized spacial score (nSPS) is 18.1. The van der Waals surface area contributed by atoms with Crippen LogP contribution in [0.25, 0.3) is 11.0 Å². The van der Waals surface area contributed by atoms with Crippen molar-refractivity contribution in [1.29, 1.82) is 0 Å². The molecule has 0 spiro atoms. The van der Waals surface area contributed by atoms with E-state index >= 15 is 0 Å². The molecule has 36 heavy (non-hydrogen) atoms.